The van der Waals surface area contributed by atoms with E-state index in [1.807, 2.05) is 42.8 Å². The summed E-state index contributed by atoms with van der Waals surface area (Å²) < 4.78 is 7.36. The van der Waals surface area contributed by atoms with Crippen LogP contribution in [0, 0.1) is 12.8 Å². The third-order valence-electron chi connectivity index (χ3n) is 9.06. The number of urea groups is 1. The fourth-order valence-corrected chi connectivity index (χ4v) is 6.02. The van der Waals surface area contributed by atoms with E-state index in [1.54, 1.807) is 17.2 Å². The molecule has 4 aromatic heterocycles. The van der Waals surface area contributed by atoms with Gasteiger partial charge in [-0.3, -0.25) is 24.2 Å². The van der Waals surface area contributed by atoms with Crippen molar-refractivity contribution in [1.82, 2.24) is 34.2 Å². The first-order valence-corrected chi connectivity index (χ1v) is 16.6. The number of carbonyl (C=O) groups is 4. The second-order valence-electron chi connectivity index (χ2n) is 12.9. The molecule has 4 amide bonds. The van der Waals surface area contributed by atoms with Crippen LogP contribution in [0.15, 0.2) is 43.1 Å². The van der Waals surface area contributed by atoms with Crippen LogP contribution in [-0.4, -0.2) is 84.8 Å². The Hall–Kier alpha value is -5.47. The number of anilines is 3. The first-order valence-electron chi connectivity index (χ1n) is 16.6. The highest BCUT2D eigenvalue weighted by Crippen LogP contribution is 2.46. The number of imidazole rings is 1. The van der Waals surface area contributed by atoms with Gasteiger partial charge in [-0.15, -0.1) is 0 Å². The number of esters is 1. The molecule has 0 unspecified atom stereocenters. The molecule has 254 valence electrons. The maximum atomic E-state index is 13.1. The molecular formula is C34H38N10O5. The summed E-state index contributed by atoms with van der Waals surface area (Å²) in [6.45, 7) is 4.19. The highest BCUT2D eigenvalue weighted by Gasteiger charge is 2.46. The maximum absolute atomic E-state index is 13.1. The molecule has 0 aromatic carbocycles. The Morgan fingerprint density at radius 3 is 2.67 bits per heavy atom. The van der Waals surface area contributed by atoms with E-state index in [0.29, 0.717) is 53.4 Å². The number of aryl methyl sites for hydroxylation is 1. The Bertz CT molecular complexity index is 1940. The third-order valence-corrected chi connectivity index (χ3v) is 9.06. The summed E-state index contributed by atoms with van der Waals surface area (Å²) in [6, 6.07) is 4.99. The number of likely N-dealkylation sites (N-methyl/N-ethyl adjacent to an activating group) is 1. The van der Waals surface area contributed by atoms with Gasteiger partial charge >= 0.3 is 12.0 Å². The molecule has 5 heterocycles. The van der Waals surface area contributed by atoms with Gasteiger partial charge in [-0.1, -0.05) is 13.3 Å². The van der Waals surface area contributed by atoms with Crippen LogP contribution in [0.5, 0.6) is 0 Å². The lowest BCUT2D eigenvalue weighted by atomic mass is 10.1. The molecule has 2 saturated carbocycles. The Kier molecular flexibility index (Phi) is 8.65. The van der Waals surface area contributed by atoms with Crippen molar-refractivity contribution in [3.63, 3.8) is 0 Å². The first kappa shape index (κ1) is 32.1. The molecule has 15 heteroatoms. The largest absolute Gasteiger partial charge is 0.464 e. The molecule has 0 spiro atoms. The number of unbranched alkanes of at least 4 members (excludes halogenated alkanes) is 1. The summed E-state index contributed by atoms with van der Waals surface area (Å²) in [4.78, 5) is 78.2. The number of fused-ring (bicyclic) bond motifs is 1. The van der Waals surface area contributed by atoms with E-state index in [-0.39, 0.29) is 43.3 Å². The van der Waals surface area contributed by atoms with Gasteiger partial charge in [-0.25, -0.2) is 29.7 Å². The number of aromatic nitrogens is 6. The topological polar surface area (TPSA) is 168 Å². The van der Waals surface area contributed by atoms with Crippen LogP contribution in [-0.2, 0) is 25.7 Å². The van der Waals surface area contributed by atoms with E-state index in [4.69, 9.17) is 9.72 Å². The number of rotatable bonds is 13. The van der Waals surface area contributed by atoms with Crippen molar-refractivity contribution in [3.8, 4) is 0 Å². The van der Waals surface area contributed by atoms with Crippen molar-refractivity contribution in [2.75, 3.05) is 41.9 Å². The molecule has 3 fully saturated rings. The Morgan fingerprint density at radius 1 is 1.10 bits per heavy atom. The number of pyridine rings is 1. The van der Waals surface area contributed by atoms with Crippen LogP contribution in [0.1, 0.15) is 73.6 Å². The van der Waals surface area contributed by atoms with Crippen LogP contribution >= 0.6 is 0 Å². The van der Waals surface area contributed by atoms with Crippen molar-refractivity contribution in [1.29, 1.82) is 0 Å². The zero-order chi connectivity index (χ0) is 34.2. The normalized spacial score (nSPS) is 18.7. The lowest BCUT2D eigenvalue weighted by Crippen LogP contribution is -2.32. The molecular weight excluding hydrogens is 628 g/mol. The van der Waals surface area contributed by atoms with Gasteiger partial charge in [0.1, 0.15) is 36.9 Å². The van der Waals surface area contributed by atoms with Crippen molar-refractivity contribution >= 4 is 46.8 Å². The van der Waals surface area contributed by atoms with E-state index in [9.17, 15) is 19.2 Å². The predicted molar refractivity (Wildman–Crippen MR) is 178 cm³/mol. The van der Waals surface area contributed by atoms with Gasteiger partial charge < -0.3 is 19.4 Å². The Morgan fingerprint density at radius 2 is 1.94 bits per heavy atom. The molecule has 1 saturated heterocycles. The Labute approximate surface area is 282 Å². The van der Waals surface area contributed by atoms with Gasteiger partial charge in [0.25, 0.3) is 0 Å². The number of hydrogen-bond acceptors (Lipinski definition) is 11. The quantitative estimate of drug-likeness (QED) is 0.126. The van der Waals surface area contributed by atoms with E-state index >= 15 is 0 Å². The number of imide groups is 1. The summed E-state index contributed by atoms with van der Waals surface area (Å²) >= 11 is 0. The predicted octanol–water partition coefficient (Wildman–Crippen LogP) is 3.59. The molecule has 2 atom stereocenters. The summed E-state index contributed by atoms with van der Waals surface area (Å²) in [5.41, 5.74) is 3.60. The molecule has 0 radical (unpaired) electrons. The molecule has 15 nitrogen and oxygen atoms in total. The summed E-state index contributed by atoms with van der Waals surface area (Å²) in [5.74, 6) is 0.509. The molecule has 7 rings (SSSR count). The van der Waals surface area contributed by atoms with E-state index in [2.05, 4.69) is 25.3 Å². The minimum absolute atomic E-state index is 0.0506. The highest BCUT2D eigenvalue weighted by atomic mass is 16.5. The number of hydrogen-bond donors (Lipinski definition) is 1. The summed E-state index contributed by atoms with van der Waals surface area (Å²) in [5, 5.41) is 2.89. The van der Waals surface area contributed by atoms with Gasteiger partial charge in [0, 0.05) is 49.2 Å². The van der Waals surface area contributed by atoms with E-state index in [1.165, 1.54) is 18.3 Å². The molecule has 1 N–H and O–H groups in total. The zero-order valence-corrected chi connectivity index (χ0v) is 27.7. The zero-order valence-electron chi connectivity index (χ0n) is 27.7. The average Bonchev–Trinajstić information content (AvgIpc) is 4.02. The minimum Gasteiger partial charge on any atom is -0.464 e. The van der Waals surface area contributed by atoms with Crippen molar-refractivity contribution in [3.05, 3.63) is 65.9 Å². The van der Waals surface area contributed by atoms with Gasteiger partial charge in [0.05, 0.1) is 24.5 Å². The van der Waals surface area contributed by atoms with E-state index < -0.39 is 12.0 Å². The molecule has 2 aliphatic carbocycles. The number of nitrogens with zero attached hydrogens (tertiary/aromatic N) is 9. The third kappa shape index (κ3) is 6.91. The Balaban J connectivity index is 1.14. The molecule has 4 aromatic rings. The van der Waals surface area contributed by atoms with Crippen molar-refractivity contribution < 1.29 is 23.9 Å². The van der Waals surface area contributed by atoms with Gasteiger partial charge in [0.2, 0.25) is 11.8 Å². The van der Waals surface area contributed by atoms with Crippen LogP contribution in [0.25, 0.3) is 5.65 Å². The maximum Gasteiger partial charge on any atom is 0.331 e. The first-order chi connectivity index (χ1) is 23.7. The van der Waals surface area contributed by atoms with E-state index in [0.717, 1.165) is 41.8 Å². The SMILES string of the molecule is CCCCOC(=O)CN(Cc1cn2cc(C3CC3)cc(N3CC(=O)N(C)C3=O)c2n1)c1cc(NC(=O)[C@H]2C[C@@H]2c2nccc(C)n2)ncn1. The lowest BCUT2D eigenvalue weighted by molar-refractivity contribution is -0.142. The van der Waals surface area contributed by atoms with Crippen LogP contribution in [0.3, 0.4) is 0 Å². The summed E-state index contributed by atoms with van der Waals surface area (Å²) in [7, 11) is 1.47. The number of ether oxygens (including phenoxy) is 1. The summed E-state index contributed by atoms with van der Waals surface area (Å²) in [6.07, 6.45) is 11.3. The average molecular weight is 667 g/mol. The second-order valence-corrected chi connectivity index (χ2v) is 12.9. The smallest absolute Gasteiger partial charge is 0.331 e. The monoisotopic (exact) mass is 666 g/mol. The fraction of sp³-hybridized carbons (Fsp3) is 0.441. The fourth-order valence-electron chi connectivity index (χ4n) is 6.02. The van der Waals surface area contributed by atoms with Crippen LogP contribution in [0.4, 0.5) is 22.1 Å². The van der Waals surface area contributed by atoms with Gasteiger partial charge in [-0.05, 0) is 56.2 Å². The van der Waals surface area contributed by atoms with Gasteiger partial charge in [0.15, 0.2) is 5.65 Å². The van der Waals surface area contributed by atoms with Crippen molar-refractivity contribution in [2.45, 2.75) is 64.3 Å². The van der Waals surface area contributed by atoms with Crippen LogP contribution < -0.4 is 15.1 Å². The number of nitrogens with one attached hydrogen (secondary N) is 1. The second kappa shape index (κ2) is 13.2. The standard InChI is InChI=1S/C34H38N10O5/c1-4-5-10-49-30(46)18-42(28-13-27(36-19-37-28)40-33(47)25-12-24(25)31-35-9-8-20(2)38-31)15-23-16-43-14-22(21-6-7-21)11-26(32(43)39-23)44-17-29(45)41(3)34(44)48/h8-9,11,13-14,16,19,21,24-25H,4-7,10,12,15,17-18H2,1-3H3,(H,36,37,40,47)/t24-,25-/m0/s1. The molecule has 0 bridgehead atoms. The van der Waals surface area contributed by atoms with Crippen LogP contribution in [0.2, 0.25) is 0 Å². The lowest BCUT2D eigenvalue weighted by Gasteiger charge is -2.22. The molecule has 1 aliphatic heterocycles. The molecule has 49 heavy (non-hydrogen) atoms. The van der Waals surface area contributed by atoms with Gasteiger partial charge in [-0.2, -0.15) is 0 Å². The minimum atomic E-state index is -0.429. The highest BCUT2D eigenvalue weighted by molar-refractivity contribution is 6.13. The number of amides is 4. The molecule has 3 aliphatic rings. The van der Waals surface area contributed by atoms with Crippen molar-refractivity contribution in [2.24, 2.45) is 5.92 Å². The number of carbonyl (C=O) groups excluding carboxylic acids is 4.